The Hall–Kier alpha value is -2.46. The lowest BCUT2D eigenvalue weighted by atomic mass is 10.1. The summed E-state index contributed by atoms with van der Waals surface area (Å²) in [5.74, 6) is 0.490. The highest BCUT2D eigenvalue weighted by Gasteiger charge is 2.18. The van der Waals surface area contributed by atoms with Gasteiger partial charge < -0.3 is 14.8 Å². The van der Waals surface area contributed by atoms with Crippen molar-refractivity contribution in [2.75, 3.05) is 33.4 Å². The standard InChI is InChI=1S/C25H35N3O5S/c1-19(2)27-34(30,31)24-9-7-21(8-10-24)25(29)26-18-20-5-4-6-23(17-20)33-16-13-28(3)22-11-14-32-15-12-22/h4-10,17,19,22,27H,11-16,18H2,1-3H3,(H,26,29). The van der Waals surface area contributed by atoms with Crippen molar-refractivity contribution in [1.82, 2.24) is 14.9 Å². The Balaban J connectivity index is 1.48. The van der Waals surface area contributed by atoms with Crippen LogP contribution in [0.2, 0.25) is 0 Å². The van der Waals surface area contributed by atoms with Gasteiger partial charge in [-0.25, -0.2) is 13.1 Å². The molecule has 0 spiro atoms. The van der Waals surface area contributed by atoms with Crippen LogP contribution in [0.1, 0.15) is 42.6 Å². The molecule has 2 N–H and O–H groups in total. The van der Waals surface area contributed by atoms with Gasteiger partial charge in [-0.05, 0) is 75.7 Å². The lowest BCUT2D eigenvalue weighted by Gasteiger charge is -2.31. The maximum absolute atomic E-state index is 12.5. The fourth-order valence-electron chi connectivity index (χ4n) is 3.81. The first-order valence-corrected chi connectivity index (χ1v) is 13.1. The van der Waals surface area contributed by atoms with Gasteiger partial charge in [-0.15, -0.1) is 0 Å². The zero-order chi connectivity index (χ0) is 24.6. The molecule has 1 fully saturated rings. The fourth-order valence-corrected chi connectivity index (χ4v) is 5.06. The molecule has 1 aliphatic heterocycles. The summed E-state index contributed by atoms with van der Waals surface area (Å²) in [4.78, 5) is 15.0. The first kappa shape index (κ1) is 26.2. The summed E-state index contributed by atoms with van der Waals surface area (Å²) in [6.45, 7) is 6.92. The summed E-state index contributed by atoms with van der Waals surface area (Å²) in [6, 6.07) is 13.9. The summed E-state index contributed by atoms with van der Waals surface area (Å²) in [6.07, 6.45) is 2.11. The Morgan fingerprint density at radius 2 is 1.85 bits per heavy atom. The predicted octanol–water partition coefficient (Wildman–Crippen LogP) is 2.79. The minimum Gasteiger partial charge on any atom is -0.492 e. The molecule has 3 rings (SSSR count). The monoisotopic (exact) mass is 489 g/mol. The van der Waals surface area contributed by atoms with Crippen molar-refractivity contribution >= 4 is 15.9 Å². The molecule has 34 heavy (non-hydrogen) atoms. The van der Waals surface area contributed by atoms with Gasteiger partial charge in [0.05, 0.1) is 4.90 Å². The van der Waals surface area contributed by atoms with E-state index >= 15 is 0 Å². The second kappa shape index (κ2) is 12.3. The van der Waals surface area contributed by atoms with E-state index < -0.39 is 10.0 Å². The number of carbonyl (C=O) groups is 1. The molecular formula is C25H35N3O5S. The molecule has 0 radical (unpaired) electrons. The highest BCUT2D eigenvalue weighted by atomic mass is 32.2. The second-order valence-corrected chi connectivity index (χ2v) is 10.5. The molecule has 0 unspecified atom stereocenters. The highest BCUT2D eigenvalue weighted by Crippen LogP contribution is 2.16. The number of hydrogen-bond donors (Lipinski definition) is 2. The Labute approximate surface area is 202 Å². The number of ether oxygens (including phenoxy) is 2. The van der Waals surface area contributed by atoms with Gasteiger partial charge in [-0.2, -0.15) is 0 Å². The molecule has 0 aliphatic carbocycles. The second-order valence-electron chi connectivity index (χ2n) is 8.80. The van der Waals surface area contributed by atoms with E-state index in [1.807, 2.05) is 24.3 Å². The Morgan fingerprint density at radius 3 is 2.53 bits per heavy atom. The van der Waals surface area contributed by atoms with Crippen LogP contribution in [0.25, 0.3) is 0 Å². The fraction of sp³-hybridized carbons (Fsp3) is 0.480. The topological polar surface area (TPSA) is 97.0 Å². The summed E-state index contributed by atoms with van der Waals surface area (Å²) < 4.78 is 38.3. The number of benzene rings is 2. The lowest BCUT2D eigenvalue weighted by Crippen LogP contribution is -2.38. The van der Waals surface area contributed by atoms with Crippen molar-refractivity contribution in [2.45, 2.75) is 50.2 Å². The molecule has 0 atom stereocenters. The van der Waals surface area contributed by atoms with Crippen LogP contribution < -0.4 is 14.8 Å². The number of likely N-dealkylation sites (N-methyl/N-ethyl adjacent to an activating group) is 1. The quantitative estimate of drug-likeness (QED) is 0.504. The third-order valence-electron chi connectivity index (χ3n) is 5.70. The van der Waals surface area contributed by atoms with Crippen LogP contribution in [0.5, 0.6) is 5.75 Å². The van der Waals surface area contributed by atoms with E-state index in [9.17, 15) is 13.2 Å². The van der Waals surface area contributed by atoms with Gasteiger partial charge in [0.15, 0.2) is 0 Å². The van der Waals surface area contributed by atoms with Gasteiger partial charge in [0, 0.05) is 44.0 Å². The number of rotatable bonds is 11. The molecule has 0 saturated carbocycles. The maximum atomic E-state index is 12.5. The average Bonchev–Trinajstić information content (AvgIpc) is 2.82. The normalized spacial score (nSPS) is 15.0. The number of amides is 1. The van der Waals surface area contributed by atoms with Crippen molar-refractivity contribution in [3.8, 4) is 5.75 Å². The lowest BCUT2D eigenvalue weighted by molar-refractivity contribution is 0.0392. The van der Waals surface area contributed by atoms with Crippen LogP contribution in [0.15, 0.2) is 53.4 Å². The zero-order valence-corrected chi connectivity index (χ0v) is 20.9. The van der Waals surface area contributed by atoms with Gasteiger partial charge in [-0.3, -0.25) is 9.69 Å². The summed E-state index contributed by atoms with van der Waals surface area (Å²) >= 11 is 0. The molecular weight excluding hydrogens is 454 g/mol. The van der Waals surface area contributed by atoms with E-state index in [0.29, 0.717) is 24.8 Å². The van der Waals surface area contributed by atoms with E-state index in [1.54, 1.807) is 13.8 Å². The predicted molar refractivity (Wildman–Crippen MR) is 131 cm³/mol. The number of carbonyl (C=O) groups excluding carboxylic acids is 1. The van der Waals surface area contributed by atoms with Gasteiger partial charge >= 0.3 is 0 Å². The Morgan fingerprint density at radius 1 is 1.15 bits per heavy atom. The number of hydrogen-bond acceptors (Lipinski definition) is 6. The number of nitrogens with one attached hydrogen (secondary N) is 2. The molecule has 9 heteroatoms. The first-order valence-electron chi connectivity index (χ1n) is 11.6. The van der Waals surface area contributed by atoms with E-state index in [1.165, 1.54) is 24.3 Å². The van der Waals surface area contributed by atoms with E-state index in [2.05, 4.69) is 22.0 Å². The Bertz CT molecular complexity index is 1030. The summed E-state index contributed by atoms with van der Waals surface area (Å²) in [5.41, 5.74) is 1.32. The highest BCUT2D eigenvalue weighted by molar-refractivity contribution is 7.89. The van der Waals surface area contributed by atoms with Crippen molar-refractivity contribution in [1.29, 1.82) is 0 Å². The summed E-state index contributed by atoms with van der Waals surface area (Å²) in [7, 11) is -1.47. The van der Waals surface area contributed by atoms with Gasteiger partial charge in [0.25, 0.3) is 5.91 Å². The molecule has 1 amide bonds. The number of nitrogens with zero attached hydrogens (tertiary/aromatic N) is 1. The van der Waals surface area contributed by atoms with Crippen LogP contribution in [0.4, 0.5) is 0 Å². The minimum atomic E-state index is -3.59. The van der Waals surface area contributed by atoms with Crippen LogP contribution in [0.3, 0.4) is 0 Å². The van der Waals surface area contributed by atoms with Crippen LogP contribution in [-0.4, -0.2) is 64.7 Å². The molecule has 0 bridgehead atoms. The van der Waals surface area contributed by atoms with E-state index in [0.717, 1.165) is 43.9 Å². The van der Waals surface area contributed by atoms with E-state index in [4.69, 9.17) is 9.47 Å². The summed E-state index contributed by atoms with van der Waals surface area (Å²) in [5, 5.41) is 2.87. The van der Waals surface area contributed by atoms with Gasteiger partial charge in [-0.1, -0.05) is 12.1 Å². The van der Waals surface area contributed by atoms with Crippen molar-refractivity contribution in [3.05, 3.63) is 59.7 Å². The van der Waals surface area contributed by atoms with Gasteiger partial charge in [0.1, 0.15) is 12.4 Å². The largest absolute Gasteiger partial charge is 0.492 e. The maximum Gasteiger partial charge on any atom is 0.251 e. The van der Waals surface area contributed by atoms with Crippen LogP contribution >= 0.6 is 0 Å². The zero-order valence-electron chi connectivity index (χ0n) is 20.1. The minimum absolute atomic E-state index is 0.130. The molecule has 186 valence electrons. The molecule has 8 nitrogen and oxygen atoms in total. The third kappa shape index (κ3) is 7.80. The smallest absolute Gasteiger partial charge is 0.251 e. The molecule has 2 aromatic rings. The number of sulfonamides is 1. The molecule has 1 saturated heterocycles. The molecule has 1 aliphatic rings. The molecule has 2 aromatic carbocycles. The molecule has 0 aromatic heterocycles. The average molecular weight is 490 g/mol. The van der Waals surface area contributed by atoms with Gasteiger partial charge in [0.2, 0.25) is 10.0 Å². The van der Waals surface area contributed by atoms with Crippen molar-refractivity contribution < 1.29 is 22.7 Å². The molecule has 1 heterocycles. The SMILES string of the molecule is CC(C)NS(=O)(=O)c1ccc(C(=O)NCc2cccc(OCCN(C)C3CCOCC3)c2)cc1. The third-order valence-corrected chi connectivity index (χ3v) is 7.37. The van der Waals surface area contributed by atoms with Crippen LogP contribution in [-0.2, 0) is 21.3 Å². The van der Waals surface area contributed by atoms with E-state index in [-0.39, 0.29) is 16.8 Å². The first-order chi connectivity index (χ1) is 16.2. The Kier molecular flexibility index (Phi) is 9.46. The van der Waals surface area contributed by atoms with Crippen molar-refractivity contribution in [3.63, 3.8) is 0 Å². The van der Waals surface area contributed by atoms with Crippen molar-refractivity contribution in [2.24, 2.45) is 0 Å². The van der Waals surface area contributed by atoms with Crippen LogP contribution in [0, 0.1) is 0 Å².